The molecule has 0 bridgehead atoms. The minimum Gasteiger partial charge on any atom is -0.334 e. The molecule has 0 saturated heterocycles. The summed E-state index contributed by atoms with van der Waals surface area (Å²) in [5, 5.41) is 13.1. The summed E-state index contributed by atoms with van der Waals surface area (Å²) in [5.41, 5.74) is 1.96. The number of carbonyl (C=O) groups is 1. The van der Waals surface area contributed by atoms with E-state index in [0.29, 0.717) is 6.54 Å². The van der Waals surface area contributed by atoms with Crippen LogP contribution in [0.1, 0.15) is 16.1 Å². The van der Waals surface area contributed by atoms with E-state index in [4.69, 9.17) is 0 Å². The second-order valence-corrected chi connectivity index (χ2v) is 5.03. The Balaban J connectivity index is 1.84. The Hall–Kier alpha value is -1.82. The zero-order chi connectivity index (χ0) is 12.3. The summed E-state index contributed by atoms with van der Waals surface area (Å²) < 4.78 is 0. The average molecular weight is 250 g/mol. The number of thiophene rings is 1. The van der Waals surface area contributed by atoms with Crippen LogP contribution in [-0.2, 0) is 6.54 Å². The predicted molar refractivity (Wildman–Crippen MR) is 68.2 cm³/mol. The molecule has 3 N–H and O–H groups in total. The van der Waals surface area contributed by atoms with Gasteiger partial charge in [0, 0.05) is 22.7 Å². The van der Waals surface area contributed by atoms with Crippen LogP contribution in [0, 0.1) is 13.8 Å². The number of nitrogens with one attached hydrogen (secondary N) is 3. The largest absolute Gasteiger partial charge is 0.334 e. The van der Waals surface area contributed by atoms with Crippen LogP contribution in [0.3, 0.4) is 0 Å². The number of carbonyl (C=O) groups excluding carboxylic acids is 1. The zero-order valence-electron chi connectivity index (χ0n) is 9.70. The van der Waals surface area contributed by atoms with Crippen LogP contribution >= 0.6 is 11.3 Å². The lowest BCUT2D eigenvalue weighted by molar-refractivity contribution is 0.252. The van der Waals surface area contributed by atoms with E-state index < -0.39 is 0 Å². The van der Waals surface area contributed by atoms with E-state index in [2.05, 4.69) is 20.8 Å². The summed E-state index contributed by atoms with van der Waals surface area (Å²) in [7, 11) is 0. The van der Waals surface area contributed by atoms with Gasteiger partial charge in [0.05, 0.1) is 11.2 Å². The SMILES string of the molecule is Cc1ccc(NC(=O)NCc2cn[nH]c2C)s1. The van der Waals surface area contributed by atoms with Gasteiger partial charge in [-0.2, -0.15) is 5.10 Å². The maximum absolute atomic E-state index is 11.6. The molecule has 5 nitrogen and oxygen atoms in total. The van der Waals surface area contributed by atoms with Crippen LogP contribution in [0.5, 0.6) is 0 Å². The highest BCUT2D eigenvalue weighted by Gasteiger charge is 2.05. The van der Waals surface area contributed by atoms with Crippen LogP contribution in [0.15, 0.2) is 18.3 Å². The van der Waals surface area contributed by atoms with E-state index >= 15 is 0 Å². The normalized spacial score (nSPS) is 10.2. The second kappa shape index (κ2) is 5.01. The number of hydrogen-bond acceptors (Lipinski definition) is 3. The van der Waals surface area contributed by atoms with Gasteiger partial charge in [-0.25, -0.2) is 4.79 Å². The summed E-state index contributed by atoms with van der Waals surface area (Å²) in [6.07, 6.45) is 1.71. The van der Waals surface area contributed by atoms with E-state index in [9.17, 15) is 4.79 Å². The Morgan fingerprint density at radius 1 is 1.47 bits per heavy atom. The molecule has 0 radical (unpaired) electrons. The van der Waals surface area contributed by atoms with Crippen molar-refractivity contribution in [2.24, 2.45) is 0 Å². The maximum Gasteiger partial charge on any atom is 0.320 e. The third-order valence-electron chi connectivity index (χ3n) is 2.35. The van der Waals surface area contributed by atoms with Crippen molar-refractivity contribution >= 4 is 22.4 Å². The number of anilines is 1. The van der Waals surface area contributed by atoms with Gasteiger partial charge in [0.15, 0.2) is 0 Å². The number of H-pyrrole nitrogens is 1. The van der Waals surface area contributed by atoms with Crippen molar-refractivity contribution in [3.05, 3.63) is 34.5 Å². The number of nitrogens with zero attached hydrogens (tertiary/aromatic N) is 1. The van der Waals surface area contributed by atoms with E-state index in [0.717, 1.165) is 16.3 Å². The molecule has 2 aromatic heterocycles. The van der Waals surface area contributed by atoms with Gasteiger partial charge in [0.1, 0.15) is 0 Å². The molecule has 0 aromatic carbocycles. The van der Waals surface area contributed by atoms with Crippen molar-refractivity contribution in [2.45, 2.75) is 20.4 Å². The molecule has 17 heavy (non-hydrogen) atoms. The Morgan fingerprint density at radius 2 is 2.29 bits per heavy atom. The highest BCUT2D eigenvalue weighted by atomic mass is 32.1. The topological polar surface area (TPSA) is 69.8 Å². The molecular formula is C11H14N4OS. The van der Waals surface area contributed by atoms with Gasteiger partial charge < -0.3 is 5.32 Å². The molecule has 0 aliphatic rings. The van der Waals surface area contributed by atoms with E-state index in [-0.39, 0.29) is 6.03 Å². The number of aromatic amines is 1. The molecule has 0 atom stereocenters. The van der Waals surface area contributed by atoms with Crippen LogP contribution in [-0.4, -0.2) is 16.2 Å². The molecule has 0 unspecified atom stereocenters. The molecule has 0 saturated carbocycles. The first kappa shape index (κ1) is 11.7. The predicted octanol–water partition coefficient (Wildman–Crippen LogP) is 2.41. The highest BCUT2D eigenvalue weighted by Crippen LogP contribution is 2.20. The smallest absolute Gasteiger partial charge is 0.320 e. The molecule has 0 fully saturated rings. The van der Waals surface area contributed by atoms with E-state index in [1.54, 1.807) is 17.5 Å². The van der Waals surface area contributed by atoms with Crippen molar-refractivity contribution in [3.8, 4) is 0 Å². The van der Waals surface area contributed by atoms with Gasteiger partial charge in [-0.05, 0) is 26.0 Å². The highest BCUT2D eigenvalue weighted by molar-refractivity contribution is 7.16. The summed E-state index contributed by atoms with van der Waals surface area (Å²) >= 11 is 1.55. The fourth-order valence-corrected chi connectivity index (χ4v) is 2.15. The summed E-state index contributed by atoms with van der Waals surface area (Å²) in [4.78, 5) is 12.8. The third-order valence-corrected chi connectivity index (χ3v) is 3.27. The first-order valence-electron chi connectivity index (χ1n) is 5.25. The standard InChI is InChI=1S/C11H14N4OS/c1-7-3-4-10(17-7)14-11(16)12-5-9-6-13-15-8(9)2/h3-4,6H,5H2,1-2H3,(H,13,15)(H2,12,14,16). The Kier molecular flexibility index (Phi) is 3.43. The number of aromatic nitrogens is 2. The first-order chi connectivity index (χ1) is 8.15. The minimum atomic E-state index is -0.201. The average Bonchev–Trinajstić information content (AvgIpc) is 2.85. The second-order valence-electron chi connectivity index (χ2n) is 3.74. The molecule has 0 aliphatic heterocycles. The van der Waals surface area contributed by atoms with E-state index in [1.165, 1.54) is 4.88 Å². The first-order valence-corrected chi connectivity index (χ1v) is 6.07. The molecule has 2 amide bonds. The Morgan fingerprint density at radius 3 is 2.88 bits per heavy atom. The van der Waals surface area contributed by atoms with Crippen LogP contribution in [0.4, 0.5) is 9.80 Å². The lowest BCUT2D eigenvalue weighted by Crippen LogP contribution is -2.27. The Labute approximate surface area is 103 Å². The minimum absolute atomic E-state index is 0.201. The molecule has 2 rings (SSSR count). The van der Waals surface area contributed by atoms with Gasteiger partial charge in [0.2, 0.25) is 0 Å². The van der Waals surface area contributed by atoms with Gasteiger partial charge in [-0.3, -0.25) is 10.4 Å². The van der Waals surface area contributed by atoms with Crippen LogP contribution in [0.25, 0.3) is 0 Å². The van der Waals surface area contributed by atoms with Gasteiger partial charge >= 0.3 is 6.03 Å². The lowest BCUT2D eigenvalue weighted by Gasteiger charge is -2.04. The fourth-order valence-electron chi connectivity index (χ4n) is 1.39. The van der Waals surface area contributed by atoms with Gasteiger partial charge in [-0.15, -0.1) is 11.3 Å². The fraction of sp³-hybridized carbons (Fsp3) is 0.273. The van der Waals surface area contributed by atoms with Crippen LogP contribution < -0.4 is 10.6 Å². The number of rotatable bonds is 3. The number of urea groups is 1. The molecule has 0 aliphatic carbocycles. The number of amides is 2. The van der Waals surface area contributed by atoms with Gasteiger partial charge in [0.25, 0.3) is 0 Å². The Bertz CT molecular complexity index is 517. The number of aryl methyl sites for hydroxylation is 2. The zero-order valence-corrected chi connectivity index (χ0v) is 10.5. The van der Waals surface area contributed by atoms with Gasteiger partial charge in [-0.1, -0.05) is 0 Å². The maximum atomic E-state index is 11.6. The third kappa shape index (κ3) is 3.07. The van der Waals surface area contributed by atoms with Crippen molar-refractivity contribution in [2.75, 3.05) is 5.32 Å². The van der Waals surface area contributed by atoms with E-state index in [1.807, 2.05) is 26.0 Å². The van der Waals surface area contributed by atoms with Crippen molar-refractivity contribution < 1.29 is 4.79 Å². The monoisotopic (exact) mass is 250 g/mol. The van der Waals surface area contributed by atoms with Crippen molar-refractivity contribution in [1.82, 2.24) is 15.5 Å². The molecule has 0 spiro atoms. The van der Waals surface area contributed by atoms with Crippen LogP contribution in [0.2, 0.25) is 0 Å². The summed E-state index contributed by atoms with van der Waals surface area (Å²) in [6.45, 7) is 4.39. The molecule has 2 aromatic rings. The molecule has 6 heteroatoms. The van der Waals surface area contributed by atoms with Crippen molar-refractivity contribution in [1.29, 1.82) is 0 Å². The molecular weight excluding hydrogens is 236 g/mol. The molecule has 90 valence electrons. The lowest BCUT2D eigenvalue weighted by atomic mass is 10.3. The van der Waals surface area contributed by atoms with Crippen molar-refractivity contribution in [3.63, 3.8) is 0 Å². The quantitative estimate of drug-likeness (QED) is 0.783. The molecule has 2 heterocycles. The summed E-state index contributed by atoms with van der Waals surface area (Å²) in [5.74, 6) is 0. The summed E-state index contributed by atoms with van der Waals surface area (Å²) in [6, 6.07) is 3.66. The number of hydrogen-bond donors (Lipinski definition) is 3.